The maximum Gasteiger partial charge on any atom is 0.0705 e. The molecule has 1 heterocycles. The first-order chi connectivity index (χ1) is 10.1. The molecule has 0 saturated heterocycles. The van der Waals surface area contributed by atoms with E-state index >= 15 is 0 Å². The summed E-state index contributed by atoms with van der Waals surface area (Å²) >= 11 is 0. The van der Waals surface area contributed by atoms with Crippen LogP contribution < -0.4 is 5.73 Å². The summed E-state index contributed by atoms with van der Waals surface area (Å²) in [6, 6.07) is 20.7. The fraction of sp³-hybridized carbons (Fsp3) is 0.211. The molecule has 0 aliphatic carbocycles. The molecule has 0 amide bonds. The monoisotopic (exact) mass is 276 g/mol. The van der Waals surface area contributed by atoms with Crippen LogP contribution in [0.4, 0.5) is 0 Å². The Morgan fingerprint density at radius 2 is 1.71 bits per heavy atom. The molecule has 3 rings (SSSR count). The van der Waals surface area contributed by atoms with E-state index in [0.717, 1.165) is 16.5 Å². The van der Waals surface area contributed by atoms with Crippen molar-refractivity contribution in [3.05, 3.63) is 78.0 Å². The topological polar surface area (TPSA) is 38.9 Å². The molecule has 2 N–H and O–H groups in total. The van der Waals surface area contributed by atoms with Gasteiger partial charge in [0.05, 0.1) is 5.52 Å². The molecule has 1 aromatic heterocycles. The van der Waals surface area contributed by atoms with Gasteiger partial charge in [-0.3, -0.25) is 4.98 Å². The highest BCUT2D eigenvalue weighted by atomic mass is 14.7. The van der Waals surface area contributed by atoms with Gasteiger partial charge in [-0.2, -0.15) is 0 Å². The highest BCUT2D eigenvalue weighted by molar-refractivity contribution is 5.79. The van der Waals surface area contributed by atoms with Gasteiger partial charge in [0.1, 0.15) is 0 Å². The van der Waals surface area contributed by atoms with Gasteiger partial charge in [0.2, 0.25) is 0 Å². The first kappa shape index (κ1) is 13.8. The highest BCUT2D eigenvalue weighted by Gasteiger charge is 2.29. The van der Waals surface area contributed by atoms with Crippen molar-refractivity contribution in [1.82, 2.24) is 4.98 Å². The largest absolute Gasteiger partial charge is 0.323 e. The van der Waals surface area contributed by atoms with Gasteiger partial charge in [-0.05, 0) is 23.3 Å². The minimum absolute atomic E-state index is 0.0775. The fourth-order valence-electron chi connectivity index (χ4n) is 2.74. The lowest BCUT2D eigenvalue weighted by Crippen LogP contribution is -2.33. The van der Waals surface area contributed by atoms with E-state index in [9.17, 15) is 0 Å². The summed E-state index contributed by atoms with van der Waals surface area (Å²) < 4.78 is 0. The van der Waals surface area contributed by atoms with Crippen molar-refractivity contribution in [3.8, 4) is 0 Å². The van der Waals surface area contributed by atoms with E-state index in [1.54, 1.807) is 0 Å². The van der Waals surface area contributed by atoms with Crippen LogP contribution in [0.15, 0.2) is 66.9 Å². The maximum atomic E-state index is 6.57. The van der Waals surface area contributed by atoms with Crippen LogP contribution in [0.1, 0.15) is 31.0 Å². The third-order valence-electron chi connectivity index (χ3n) is 4.28. The van der Waals surface area contributed by atoms with Crippen molar-refractivity contribution < 1.29 is 0 Å². The van der Waals surface area contributed by atoms with Crippen LogP contribution in [0.5, 0.6) is 0 Å². The van der Waals surface area contributed by atoms with Crippen molar-refractivity contribution in [2.75, 3.05) is 0 Å². The number of nitrogens with two attached hydrogens (primary N) is 1. The minimum Gasteiger partial charge on any atom is -0.323 e. The third kappa shape index (κ3) is 2.55. The van der Waals surface area contributed by atoms with Crippen LogP contribution in [-0.4, -0.2) is 4.98 Å². The summed E-state index contributed by atoms with van der Waals surface area (Å²) in [4.78, 5) is 4.42. The van der Waals surface area contributed by atoms with Crippen LogP contribution in [0, 0.1) is 0 Å². The second-order valence-electron chi connectivity index (χ2n) is 6.02. The summed E-state index contributed by atoms with van der Waals surface area (Å²) in [5.74, 6) is 0. The molecule has 0 spiro atoms. The average molecular weight is 276 g/mol. The van der Waals surface area contributed by atoms with Crippen LogP contribution in [0.2, 0.25) is 0 Å². The smallest absolute Gasteiger partial charge is 0.0705 e. The van der Waals surface area contributed by atoms with Crippen LogP contribution in [-0.2, 0) is 5.41 Å². The van der Waals surface area contributed by atoms with Gasteiger partial charge in [-0.15, -0.1) is 0 Å². The summed E-state index contributed by atoms with van der Waals surface area (Å²) in [6.45, 7) is 4.38. The Morgan fingerprint density at radius 1 is 0.952 bits per heavy atom. The first-order valence-electron chi connectivity index (χ1n) is 7.25. The summed E-state index contributed by atoms with van der Waals surface area (Å²) in [5, 5.41) is 1.14. The van der Waals surface area contributed by atoms with E-state index in [-0.39, 0.29) is 11.5 Å². The van der Waals surface area contributed by atoms with E-state index in [1.165, 1.54) is 5.56 Å². The quantitative estimate of drug-likeness (QED) is 0.778. The zero-order valence-electron chi connectivity index (χ0n) is 12.5. The Morgan fingerprint density at radius 3 is 2.48 bits per heavy atom. The molecule has 0 radical (unpaired) electrons. The predicted octanol–water partition coefficient (Wildman–Crippen LogP) is 4.21. The van der Waals surface area contributed by atoms with Gasteiger partial charge in [0, 0.05) is 23.0 Å². The lowest BCUT2D eigenvalue weighted by atomic mass is 9.75. The SMILES string of the molecule is CC(C)(c1ccccc1)C(N)c1ccc2cccnc2c1. The van der Waals surface area contributed by atoms with E-state index in [4.69, 9.17) is 5.73 Å². The molecule has 106 valence electrons. The molecule has 3 aromatic rings. The summed E-state index contributed by atoms with van der Waals surface area (Å²) in [7, 11) is 0. The van der Waals surface area contributed by atoms with Gasteiger partial charge in [-0.25, -0.2) is 0 Å². The second-order valence-corrected chi connectivity index (χ2v) is 6.02. The molecule has 0 fully saturated rings. The number of pyridine rings is 1. The van der Waals surface area contributed by atoms with E-state index in [0.29, 0.717) is 0 Å². The summed E-state index contributed by atoms with van der Waals surface area (Å²) in [6.07, 6.45) is 1.82. The number of nitrogens with zero attached hydrogens (tertiary/aromatic N) is 1. The lowest BCUT2D eigenvalue weighted by molar-refractivity contribution is 0.421. The van der Waals surface area contributed by atoms with Gasteiger partial charge in [0.15, 0.2) is 0 Å². The molecule has 2 heteroatoms. The number of rotatable bonds is 3. The second kappa shape index (κ2) is 5.30. The number of hydrogen-bond acceptors (Lipinski definition) is 2. The van der Waals surface area contributed by atoms with Crippen LogP contribution in [0.25, 0.3) is 10.9 Å². The molecule has 2 nitrogen and oxygen atoms in total. The zero-order chi connectivity index (χ0) is 14.9. The van der Waals surface area contributed by atoms with Crippen LogP contribution in [0.3, 0.4) is 0 Å². The van der Waals surface area contributed by atoms with Gasteiger partial charge < -0.3 is 5.73 Å². The molecule has 0 saturated carbocycles. The normalized spacial score (nSPS) is 13.3. The van der Waals surface area contributed by atoms with E-state index in [1.807, 2.05) is 18.3 Å². The molecule has 0 bridgehead atoms. The molecule has 0 aliphatic rings. The highest BCUT2D eigenvalue weighted by Crippen LogP contribution is 2.35. The molecular formula is C19H20N2. The van der Waals surface area contributed by atoms with E-state index < -0.39 is 0 Å². The fourth-order valence-corrected chi connectivity index (χ4v) is 2.74. The number of benzene rings is 2. The van der Waals surface area contributed by atoms with Crippen molar-refractivity contribution in [2.45, 2.75) is 25.3 Å². The predicted molar refractivity (Wildman–Crippen MR) is 88.1 cm³/mol. The lowest BCUT2D eigenvalue weighted by Gasteiger charge is -2.32. The molecule has 0 aliphatic heterocycles. The number of fused-ring (bicyclic) bond motifs is 1. The Kier molecular flexibility index (Phi) is 3.48. The summed E-state index contributed by atoms with van der Waals surface area (Å²) in [5.41, 5.74) is 9.80. The molecule has 1 unspecified atom stereocenters. The third-order valence-corrected chi connectivity index (χ3v) is 4.28. The number of aromatic nitrogens is 1. The Labute approximate surface area is 125 Å². The standard InChI is InChI=1S/C19H20N2/c1-19(2,16-8-4-3-5-9-16)18(20)15-11-10-14-7-6-12-21-17(14)13-15/h3-13,18H,20H2,1-2H3. The van der Waals surface area contributed by atoms with Crippen molar-refractivity contribution in [1.29, 1.82) is 0 Å². The van der Waals surface area contributed by atoms with E-state index in [2.05, 4.69) is 67.4 Å². The van der Waals surface area contributed by atoms with Crippen molar-refractivity contribution in [2.24, 2.45) is 5.73 Å². The zero-order valence-corrected chi connectivity index (χ0v) is 12.5. The Hall–Kier alpha value is -2.19. The Bertz CT molecular complexity index is 748. The molecular weight excluding hydrogens is 256 g/mol. The molecule has 1 atom stereocenters. The number of hydrogen-bond donors (Lipinski definition) is 1. The minimum atomic E-state index is -0.135. The van der Waals surface area contributed by atoms with Gasteiger partial charge >= 0.3 is 0 Å². The molecule has 21 heavy (non-hydrogen) atoms. The maximum absolute atomic E-state index is 6.57. The first-order valence-corrected chi connectivity index (χ1v) is 7.25. The van der Waals surface area contributed by atoms with Crippen molar-refractivity contribution in [3.63, 3.8) is 0 Å². The molecule has 2 aromatic carbocycles. The van der Waals surface area contributed by atoms with Gasteiger partial charge in [-0.1, -0.05) is 62.4 Å². The average Bonchev–Trinajstić information content (AvgIpc) is 2.54. The van der Waals surface area contributed by atoms with Crippen LogP contribution >= 0.6 is 0 Å². The Balaban J connectivity index is 2.01. The van der Waals surface area contributed by atoms with Crippen molar-refractivity contribution >= 4 is 10.9 Å². The van der Waals surface area contributed by atoms with Gasteiger partial charge in [0.25, 0.3) is 0 Å².